The average molecular weight is 212 g/mol. The molecule has 0 saturated carbocycles. The van der Waals surface area contributed by atoms with E-state index < -0.39 is 5.91 Å². The van der Waals surface area contributed by atoms with E-state index >= 15 is 0 Å². The summed E-state index contributed by atoms with van der Waals surface area (Å²) in [6, 6.07) is 6.74. The largest absolute Gasteiger partial charge is 0.370 e. The van der Waals surface area contributed by atoms with Gasteiger partial charge in [-0.2, -0.15) is 0 Å². The molecule has 14 heavy (non-hydrogen) atoms. The maximum absolute atomic E-state index is 11.5. The summed E-state index contributed by atoms with van der Waals surface area (Å²) < 4.78 is 0. The molecule has 0 aromatic heterocycles. The highest BCUT2D eigenvalue weighted by molar-refractivity contribution is 6.33. The topological polar surface area (TPSA) is 60.2 Å². The quantitative estimate of drug-likeness (QED) is 0.772. The van der Waals surface area contributed by atoms with Crippen molar-refractivity contribution in [3.05, 3.63) is 34.9 Å². The van der Waals surface area contributed by atoms with Crippen LogP contribution in [0.1, 0.15) is 23.2 Å². The third kappa shape index (κ3) is 2.85. The van der Waals surface area contributed by atoms with Gasteiger partial charge >= 0.3 is 0 Å². The molecule has 74 valence electrons. The molecule has 0 atom stereocenters. The van der Waals surface area contributed by atoms with Crippen molar-refractivity contribution in [2.45, 2.75) is 12.8 Å². The van der Waals surface area contributed by atoms with E-state index in [4.69, 9.17) is 17.3 Å². The van der Waals surface area contributed by atoms with Gasteiger partial charge in [0.05, 0.1) is 5.02 Å². The summed E-state index contributed by atoms with van der Waals surface area (Å²) in [7, 11) is 0. The van der Waals surface area contributed by atoms with Crippen LogP contribution < -0.4 is 5.73 Å². The molecule has 0 aliphatic rings. The second-order valence-electron chi connectivity index (χ2n) is 2.87. The second kappa shape index (κ2) is 4.77. The molecule has 0 saturated heterocycles. The average Bonchev–Trinajstić information content (AvgIpc) is 2.15. The Bertz CT molecular complexity index is 363. The number of nitrogens with two attached hydrogens (primary N) is 1. The molecule has 1 rings (SSSR count). The van der Waals surface area contributed by atoms with E-state index in [1.807, 2.05) is 0 Å². The molecule has 0 fully saturated rings. The Morgan fingerprint density at radius 1 is 1.21 bits per heavy atom. The lowest BCUT2D eigenvalue weighted by molar-refractivity contribution is -0.118. The number of primary amides is 1. The van der Waals surface area contributed by atoms with Crippen LogP contribution in [0, 0.1) is 0 Å². The zero-order valence-electron chi connectivity index (χ0n) is 7.50. The Kier molecular flexibility index (Phi) is 3.65. The fraction of sp³-hybridized carbons (Fsp3) is 0.200. The number of ketones is 1. The van der Waals surface area contributed by atoms with Gasteiger partial charge in [-0.1, -0.05) is 23.7 Å². The zero-order chi connectivity index (χ0) is 10.6. The summed E-state index contributed by atoms with van der Waals surface area (Å²) in [4.78, 5) is 21.9. The molecule has 1 amide bonds. The number of carbonyl (C=O) groups excluding carboxylic acids is 2. The van der Waals surface area contributed by atoms with E-state index in [2.05, 4.69) is 0 Å². The predicted molar refractivity (Wildman–Crippen MR) is 54.2 cm³/mol. The molecule has 0 radical (unpaired) electrons. The Hall–Kier alpha value is -1.35. The second-order valence-corrected chi connectivity index (χ2v) is 3.28. The first-order valence-electron chi connectivity index (χ1n) is 4.17. The number of hydrogen-bond acceptors (Lipinski definition) is 2. The van der Waals surface area contributed by atoms with E-state index in [1.165, 1.54) is 0 Å². The monoisotopic (exact) mass is 211 g/mol. The number of Topliss-reactive ketones (excluding diaryl/α,β-unsaturated/α-hetero) is 1. The van der Waals surface area contributed by atoms with Crippen LogP contribution in [0.4, 0.5) is 0 Å². The fourth-order valence-electron chi connectivity index (χ4n) is 1.06. The lowest BCUT2D eigenvalue weighted by atomic mass is 10.1. The summed E-state index contributed by atoms with van der Waals surface area (Å²) in [5.41, 5.74) is 5.37. The molecule has 1 aromatic carbocycles. The third-order valence-electron chi connectivity index (χ3n) is 1.77. The first kappa shape index (κ1) is 10.7. The summed E-state index contributed by atoms with van der Waals surface area (Å²) in [6.45, 7) is 0. The highest BCUT2D eigenvalue weighted by atomic mass is 35.5. The minimum Gasteiger partial charge on any atom is -0.370 e. The van der Waals surface area contributed by atoms with Crippen molar-refractivity contribution < 1.29 is 9.59 Å². The van der Waals surface area contributed by atoms with Gasteiger partial charge in [-0.25, -0.2) is 0 Å². The number of rotatable bonds is 4. The summed E-state index contributed by atoms with van der Waals surface area (Å²) in [6.07, 6.45) is 0.170. The van der Waals surface area contributed by atoms with Crippen molar-refractivity contribution in [2.24, 2.45) is 5.73 Å². The minimum atomic E-state index is -0.481. The number of carbonyl (C=O) groups is 2. The van der Waals surface area contributed by atoms with Crippen LogP contribution >= 0.6 is 11.6 Å². The standard InChI is InChI=1S/C10H10ClNO2/c11-8-4-2-1-3-7(8)9(13)5-6-10(12)14/h1-4H,5-6H2,(H2,12,14). The van der Waals surface area contributed by atoms with Gasteiger partial charge in [0.25, 0.3) is 0 Å². The van der Waals surface area contributed by atoms with E-state index in [-0.39, 0.29) is 18.6 Å². The summed E-state index contributed by atoms with van der Waals surface area (Å²) in [5, 5.41) is 0.405. The fourth-order valence-corrected chi connectivity index (χ4v) is 1.30. The minimum absolute atomic E-state index is 0.0596. The van der Waals surface area contributed by atoms with E-state index in [0.29, 0.717) is 10.6 Å². The van der Waals surface area contributed by atoms with Crippen molar-refractivity contribution in [3.8, 4) is 0 Å². The Labute approximate surface area is 86.9 Å². The number of halogens is 1. The maximum atomic E-state index is 11.5. The van der Waals surface area contributed by atoms with Gasteiger partial charge in [-0.3, -0.25) is 9.59 Å². The number of hydrogen-bond donors (Lipinski definition) is 1. The van der Waals surface area contributed by atoms with Crippen LogP contribution in [0.5, 0.6) is 0 Å². The highest BCUT2D eigenvalue weighted by Crippen LogP contribution is 2.17. The first-order valence-corrected chi connectivity index (χ1v) is 4.55. The zero-order valence-corrected chi connectivity index (χ0v) is 8.25. The molecule has 0 aliphatic heterocycles. The lowest BCUT2D eigenvalue weighted by Gasteiger charge is -2.01. The predicted octanol–water partition coefficient (Wildman–Crippen LogP) is 1.79. The summed E-state index contributed by atoms with van der Waals surface area (Å²) >= 11 is 5.80. The Morgan fingerprint density at radius 3 is 2.43 bits per heavy atom. The number of benzene rings is 1. The molecule has 0 bridgehead atoms. The Balaban J connectivity index is 2.70. The van der Waals surface area contributed by atoms with Gasteiger partial charge in [-0.05, 0) is 12.1 Å². The van der Waals surface area contributed by atoms with Crippen LogP contribution in [0.15, 0.2) is 24.3 Å². The first-order chi connectivity index (χ1) is 6.61. The van der Waals surface area contributed by atoms with Gasteiger partial charge in [0.1, 0.15) is 0 Å². The third-order valence-corrected chi connectivity index (χ3v) is 2.10. The van der Waals surface area contributed by atoms with Crippen molar-refractivity contribution in [3.63, 3.8) is 0 Å². The van der Waals surface area contributed by atoms with Crippen molar-refractivity contribution in [1.29, 1.82) is 0 Å². The molecule has 2 N–H and O–H groups in total. The molecule has 3 nitrogen and oxygen atoms in total. The van der Waals surface area contributed by atoms with E-state index in [0.717, 1.165) is 0 Å². The Morgan fingerprint density at radius 2 is 1.86 bits per heavy atom. The van der Waals surface area contributed by atoms with Crippen molar-refractivity contribution >= 4 is 23.3 Å². The molecular weight excluding hydrogens is 202 g/mol. The van der Waals surface area contributed by atoms with E-state index in [1.54, 1.807) is 24.3 Å². The highest BCUT2D eigenvalue weighted by Gasteiger charge is 2.10. The summed E-state index contributed by atoms with van der Waals surface area (Å²) in [5.74, 6) is -0.639. The van der Waals surface area contributed by atoms with Gasteiger partial charge in [0, 0.05) is 18.4 Å². The van der Waals surface area contributed by atoms with Crippen LogP contribution in [0.3, 0.4) is 0 Å². The van der Waals surface area contributed by atoms with Crippen LogP contribution in [-0.4, -0.2) is 11.7 Å². The SMILES string of the molecule is NC(=O)CCC(=O)c1ccccc1Cl. The number of amides is 1. The van der Waals surface area contributed by atoms with Gasteiger partial charge in [0.15, 0.2) is 5.78 Å². The molecule has 0 heterocycles. The molecule has 0 spiro atoms. The molecular formula is C10H10ClNO2. The van der Waals surface area contributed by atoms with Gasteiger partial charge in [0.2, 0.25) is 5.91 Å². The van der Waals surface area contributed by atoms with Gasteiger partial charge < -0.3 is 5.73 Å². The van der Waals surface area contributed by atoms with Crippen LogP contribution in [-0.2, 0) is 4.79 Å². The van der Waals surface area contributed by atoms with Gasteiger partial charge in [-0.15, -0.1) is 0 Å². The smallest absolute Gasteiger partial charge is 0.217 e. The lowest BCUT2D eigenvalue weighted by Crippen LogP contribution is -2.12. The molecule has 4 heteroatoms. The maximum Gasteiger partial charge on any atom is 0.217 e. The molecule has 1 aromatic rings. The molecule has 0 unspecified atom stereocenters. The van der Waals surface area contributed by atoms with Crippen molar-refractivity contribution in [1.82, 2.24) is 0 Å². The normalized spacial score (nSPS) is 9.79. The van der Waals surface area contributed by atoms with Crippen LogP contribution in [0.25, 0.3) is 0 Å². The molecule has 0 aliphatic carbocycles. The van der Waals surface area contributed by atoms with Crippen molar-refractivity contribution in [2.75, 3.05) is 0 Å². The van der Waals surface area contributed by atoms with Crippen LogP contribution in [0.2, 0.25) is 5.02 Å². The van der Waals surface area contributed by atoms with E-state index in [9.17, 15) is 9.59 Å².